The predicted octanol–water partition coefficient (Wildman–Crippen LogP) is 2.22. The van der Waals surface area contributed by atoms with Gasteiger partial charge in [-0.25, -0.2) is 0 Å². The highest BCUT2D eigenvalue weighted by molar-refractivity contribution is 6.04. The summed E-state index contributed by atoms with van der Waals surface area (Å²) in [6.07, 6.45) is 1.62. The molecule has 1 atom stereocenters. The van der Waals surface area contributed by atoms with Crippen LogP contribution in [0.1, 0.15) is 12.8 Å². The van der Waals surface area contributed by atoms with E-state index in [9.17, 15) is 4.79 Å². The molecule has 5 rings (SSSR count). The SMILES string of the molecule is Cn1nc(N)c2c(-c3ccc(N)cc3)cc(N3CCN4C(=O)CC[C@H]4C3)cc21. The zero-order valence-corrected chi connectivity index (χ0v) is 15.9. The van der Waals surface area contributed by atoms with Crippen LogP contribution in [0.4, 0.5) is 17.2 Å². The molecule has 2 aliphatic heterocycles. The molecule has 3 aromatic rings. The van der Waals surface area contributed by atoms with Gasteiger partial charge in [-0.3, -0.25) is 9.48 Å². The Kier molecular flexibility index (Phi) is 3.72. The third kappa shape index (κ3) is 2.58. The summed E-state index contributed by atoms with van der Waals surface area (Å²) in [6, 6.07) is 12.5. The standard InChI is InChI=1S/C21H24N6O/c1-25-18-11-16(26-8-9-27-15(12-26)6-7-19(27)28)10-17(20(18)21(23)24-25)13-2-4-14(22)5-3-13/h2-5,10-11,15H,6-9,12,22H2,1H3,(H2,23,24)/t15-/m0/s1. The van der Waals surface area contributed by atoms with Gasteiger partial charge in [-0.1, -0.05) is 12.1 Å². The van der Waals surface area contributed by atoms with E-state index in [0.717, 1.165) is 59.5 Å². The minimum Gasteiger partial charge on any atom is -0.399 e. The van der Waals surface area contributed by atoms with Crippen LogP contribution < -0.4 is 16.4 Å². The van der Waals surface area contributed by atoms with Gasteiger partial charge in [-0.05, 0) is 41.8 Å². The maximum absolute atomic E-state index is 12.0. The Hall–Kier alpha value is -3.22. The monoisotopic (exact) mass is 376 g/mol. The minimum atomic E-state index is 0.294. The third-order valence-corrected chi connectivity index (χ3v) is 6.05. The fourth-order valence-electron chi connectivity index (χ4n) is 4.57. The molecule has 7 heteroatoms. The van der Waals surface area contributed by atoms with Crippen molar-refractivity contribution < 1.29 is 4.79 Å². The van der Waals surface area contributed by atoms with Crippen LogP contribution in [0.2, 0.25) is 0 Å². The lowest BCUT2D eigenvalue weighted by molar-refractivity contribution is -0.129. The van der Waals surface area contributed by atoms with Crippen LogP contribution in [0.25, 0.3) is 22.0 Å². The number of piperazine rings is 1. The summed E-state index contributed by atoms with van der Waals surface area (Å²) < 4.78 is 1.84. The van der Waals surface area contributed by atoms with Crippen LogP contribution in [-0.2, 0) is 11.8 Å². The van der Waals surface area contributed by atoms with E-state index in [-0.39, 0.29) is 0 Å². The van der Waals surface area contributed by atoms with Crippen LogP contribution in [-0.4, -0.2) is 46.3 Å². The van der Waals surface area contributed by atoms with Gasteiger partial charge in [0.25, 0.3) is 0 Å². The Morgan fingerprint density at radius 1 is 1.11 bits per heavy atom. The summed E-state index contributed by atoms with van der Waals surface area (Å²) in [5.74, 6) is 0.823. The Morgan fingerprint density at radius 3 is 2.68 bits per heavy atom. The first-order valence-corrected chi connectivity index (χ1v) is 9.68. The molecule has 0 radical (unpaired) electrons. The molecule has 3 heterocycles. The Balaban J connectivity index is 1.61. The van der Waals surface area contributed by atoms with Crippen molar-refractivity contribution in [1.29, 1.82) is 0 Å². The smallest absolute Gasteiger partial charge is 0.223 e. The summed E-state index contributed by atoms with van der Waals surface area (Å²) in [4.78, 5) is 16.4. The fourth-order valence-corrected chi connectivity index (χ4v) is 4.57. The number of hydrogen-bond acceptors (Lipinski definition) is 5. The topological polar surface area (TPSA) is 93.4 Å². The van der Waals surface area contributed by atoms with Gasteiger partial charge in [0.05, 0.1) is 10.9 Å². The average Bonchev–Trinajstić information content (AvgIpc) is 3.21. The van der Waals surface area contributed by atoms with E-state index < -0.39 is 0 Å². The maximum atomic E-state index is 12.0. The Bertz CT molecular complexity index is 1070. The molecule has 2 fully saturated rings. The van der Waals surface area contributed by atoms with Gasteiger partial charge in [0, 0.05) is 50.5 Å². The number of nitrogen functional groups attached to an aromatic ring is 2. The summed E-state index contributed by atoms with van der Waals surface area (Å²) in [5.41, 5.74) is 17.1. The number of nitrogens with zero attached hydrogens (tertiary/aromatic N) is 4. The Labute approximate surface area is 163 Å². The van der Waals surface area contributed by atoms with E-state index >= 15 is 0 Å². The van der Waals surface area contributed by atoms with Crippen LogP contribution in [0, 0.1) is 0 Å². The van der Waals surface area contributed by atoms with E-state index in [2.05, 4.69) is 22.1 Å². The molecule has 0 aliphatic carbocycles. The molecule has 4 N–H and O–H groups in total. The number of benzene rings is 2. The zero-order chi connectivity index (χ0) is 19.4. The molecular weight excluding hydrogens is 352 g/mol. The van der Waals surface area contributed by atoms with Crippen molar-refractivity contribution in [2.45, 2.75) is 18.9 Å². The maximum Gasteiger partial charge on any atom is 0.223 e. The molecule has 1 aromatic heterocycles. The number of nitrogens with two attached hydrogens (primary N) is 2. The number of amides is 1. The van der Waals surface area contributed by atoms with E-state index in [1.165, 1.54) is 0 Å². The Morgan fingerprint density at radius 2 is 1.89 bits per heavy atom. The van der Waals surface area contributed by atoms with E-state index in [0.29, 0.717) is 24.2 Å². The number of carbonyl (C=O) groups excluding carboxylic acids is 1. The number of anilines is 3. The van der Waals surface area contributed by atoms with Crippen molar-refractivity contribution in [1.82, 2.24) is 14.7 Å². The second kappa shape index (κ2) is 6.15. The van der Waals surface area contributed by atoms with Gasteiger partial charge in [0.15, 0.2) is 5.82 Å². The summed E-state index contributed by atoms with van der Waals surface area (Å²) in [5, 5.41) is 5.41. The molecule has 2 aliphatic rings. The van der Waals surface area contributed by atoms with Crippen molar-refractivity contribution in [2.24, 2.45) is 7.05 Å². The minimum absolute atomic E-state index is 0.294. The van der Waals surface area contributed by atoms with Gasteiger partial charge >= 0.3 is 0 Å². The zero-order valence-electron chi connectivity index (χ0n) is 15.9. The number of rotatable bonds is 2. The second-order valence-electron chi connectivity index (χ2n) is 7.74. The van der Waals surface area contributed by atoms with Crippen LogP contribution in [0.3, 0.4) is 0 Å². The normalized spacial score (nSPS) is 19.5. The number of aromatic nitrogens is 2. The van der Waals surface area contributed by atoms with Gasteiger partial charge in [0.2, 0.25) is 5.91 Å². The highest BCUT2D eigenvalue weighted by atomic mass is 16.2. The van der Waals surface area contributed by atoms with Crippen molar-refractivity contribution in [2.75, 3.05) is 36.0 Å². The lowest BCUT2D eigenvalue weighted by Gasteiger charge is -2.39. The lowest BCUT2D eigenvalue weighted by Crippen LogP contribution is -2.51. The molecule has 1 amide bonds. The van der Waals surface area contributed by atoms with Crippen LogP contribution >= 0.6 is 0 Å². The first kappa shape index (κ1) is 16.9. The molecule has 0 unspecified atom stereocenters. The first-order valence-electron chi connectivity index (χ1n) is 9.68. The second-order valence-corrected chi connectivity index (χ2v) is 7.74. The highest BCUT2D eigenvalue weighted by Crippen LogP contribution is 2.37. The van der Waals surface area contributed by atoms with Crippen LogP contribution in [0.5, 0.6) is 0 Å². The van der Waals surface area contributed by atoms with Crippen molar-refractivity contribution >= 4 is 34.0 Å². The fraction of sp³-hybridized carbons (Fsp3) is 0.333. The summed E-state index contributed by atoms with van der Waals surface area (Å²) >= 11 is 0. The van der Waals surface area contributed by atoms with E-state index in [1.807, 2.05) is 40.9 Å². The van der Waals surface area contributed by atoms with E-state index in [4.69, 9.17) is 11.5 Å². The molecule has 2 saturated heterocycles. The summed E-state index contributed by atoms with van der Waals surface area (Å²) in [6.45, 7) is 2.49. The molecule has 144 valence electrons. The molecule has 28 heavy (non-hydrogen) atoms. The van der Waals surface area contributed by atoms with Gasteiger partial charge in [-0.15, -0.1) is 0 Å². The molecular formula is C21H24N6O. The highest BCUT2D eigenvalue weighted by Gasteiger charge is 2.35. The largest absolute Gasteiger partial charge is 0.399 e. The van der Waals surface area contributed by atoms with Gasteiger partial charge in [-0.2, -0.15) is 5.10 Å². The molecule has 0 bridgehead atoms. The molecule has 0 spiro atoms. The average molecular weight is 376 g/mol. The first-order chi connectivity index (χ1) is 13.5. The van der Waals surface area contributed by atoms with Crippen molar-refractivity contribution in [3.05, 3.63) is 36.4 Å². The molecule has 0 saturated carbocycles. The van der Waals surface area contributed by atoms with Crippen molar-refractivity contribution in [3.8, 4) is 11.1 Å². The van der Waals surface area contributed by atoms with Crippen molar-refractivity contribution in [3.63, 3.8) is 0 Å². The summed E-state index contributed by atoms with van der Waals surface area (Å²) in [7, 11) is 1.92. The van der Waals surface area contributed by atoms with Crippen LogP contribution in [0.15, 0.2) is 36.4 Å². The van der Waals surface area contributed by atoms with Gasteiger partial charge in [0.1, 0.15) is 0 Å². The predicted molar refractivity (Wildman–Crippen MR) is 112 cm³/mol. The number of carbonyl (C=O) groups is 1. The lowest BCUT2D eigenvalue weighted by atomic mass is 9.99. The number of aryl methyl sites for hydroxylation is 1. The number of fused-ring (bicyclic) bond motifs is 2. The number of hydrogen-bond donors (Lipinski definition) is 2. The van der Waals surface area contributed by atoms with Gasteiger partial charge < -0.3 is 21.3 Å². The molecule has 2 aromatic carbocycles. The quantitative estimate of drug-likeness (QED) is 0.669. The van der Waals surface area contributed by atoms with E-state index in [1.54, 1.807) is 0 Å². The third-order valence-electron chi connectivity index (χ3n) is 6.05. The molecule has 7 nitrogen and oxygen atoms in total.